The number of rotatable bonds is 4. The van der Waals surface area contributed by atoms with Crippen molar-refractivity contribution in [1.82, 2.24) is 19.5 Å². The average Bonchev–Trinajstić information content (AvgIpc) is 2.74. The van der Waals surface area contributed by atoms with Crippen molar-refractivity contribution in [1.29, 1.82) is 0 Å². The summed E-state index contributed by atoms with van der Waals surface area (Å²) in [6, 6.07) is 1.72. The van der Waals surface area contributed by atoms with E-state index in [0.717, 1.165) is 0 Å². The summed E-state index contributed by atoms with van der Waals surface area (Å²) in [4.78, 5) is 12.3. The van der Waals surface area contributed by atoms with Crippen molar-refractivity contribution in [3.8, 4) is 0 Å². The molecule has 0 aliphatic carbocycles. The summed E-state index contributed by atoms with van der Waals surface area (Å²) in [5.41, 5.74) is 0. The molecule has 0 radical (unpaired) electrons. The molecule has 2 rings (SSSR count). The molecule has 102 valence electrons. The van der Waals surface area contributed by atoms with Crippen LogP contribution >= 0.6 is 10.7 Å². The van der Waals surface area contributed by atoms with Crippen LogP contribution < -0.4 is 0 Å². The minimum Gasteiger partial charge on any atom is -0.326 e. The highest BCUT2D eigenvalue weighted by molar-refractivity contribution is 8.13. The second-order valence-corrected chi connectivity index (χ2v) is 6.84. The van der Waals surface area contributed by atoms with Crippen molar-refractivity contribution in [3.63, 3.8) is 0 Å². The van der Waals surface area contributed by atoms with Crippen molar-refractivity contribution >= 4 is 19.7 Å². The molecule has 0 aliphatic rings. The zero-order valence-corrected chi connectivity index (χ0v) is 12.1. The minimum absolute atomic E-state index is 0.0656. The van der Waals surface area contributed by atoms with Gasteiger partial charge in [0.1, 0.15) is 11.6 Å². The summed E-state index contributed by atoms with van der Waals surface area (Å²) >= 11 is 0. The molecule has 0 atom stereocenters. The van der Waals surface area contributed by atoms with E-state index >= 15 is 0 Å². The second-order valence-electron chi connectivity index (χ2n) is 4.32. The molecule has 0 N–H and O–H groups in total. The molecule has 0 amide bonds. The standard InChI is InChI=1S/C11H13ClN4O2S/c1-8(2)11-15-10(19(12,17)18)7-16(11)6-9-13-4-3-5-14-9/h3-5,7-8H,6H2,1-2H3. The van der Waals surface area contributed by atoms with Gasteiger partial charge in [-0.3, -0.25) is 0 Å². The number of nitrogens with zero attached hydrogens (tertiary/aromatic N) is 4. The van der Waals surface area contributed by atoms with E-state index in [9.17, 15) is 8.42 Å². The Morgan fingerprint density at radius 2 is 1.95 bits per heavy atom. The molecule has 2 heterocycles. The van der Waals surface area contributed by atoms with Gasteiger partial charge in [0.25, 0.3) is 9.05 Å². The lowest BCUT2D eigenvalue weighted by Crippen LogP contribution is -2.08. The van der Waals surface area contributed by atoms with Gasteiger partial charge in [0.05, 0.1) is 6.54 Å². The predicted molar refractivity (Wildman–Crippen MR) is 70.5 cm³/mol. The lowest BCUT2D eigenvalue weighted by Gasteiger charge is -2.08. The Balaban J connectivity index is 2.42. The van der Waals surface area contributed by atoms with E-state index in [1.54, 1.807) is 23.0 Å². The van der Waals surface area contributed by atoms with Crippen LogP contribution in [0.1, 0.15) is 31.4 Å². The van der Waals surface area contributed by atoms with E-state index < -0.39 is 9.05 Å². The molecular formula is C11H13ClN4O2S. The first-order chi connectivity index (χ1) is 8.88. The summed E-state index contributed by atoms with van der Waals surface area (Å²) in [5, 5.41) is -0.145. The van der Waals surface area contributed by atoms with Gasteiger partial charge in [0, 0.05) is 35.2 Å². The van der Waals surface area contributed by atoms with Gasteiger partial charge in [-0.2, -0.15) is 0 Å². The fraction of sp³-hybridized carbons (Fsp3) is 0.364. The highest BCUT2D eigenvalue weighted by Crippen LogP contribution is 2.20. The van der Waals surface area contributed by atoms with Crippen LogP contribution in [0.5, 0.6) is 0 Å². The third-order valence-corrected chi connectivity index (χ3v) is 3.65. The Hall–Kier alpha value is -1.47. The fourth-order valence-corrected chi connectivity index (χ4v) is 2.35. The molecule has 0 unspecified atom stereocenters. The van der Waals surface area contributed by atoms with Crippen molar-refractivity contribution < 1.29 is 8.42 Å². The highest BCUT2D eigenvalue weighted by Gasteiger charge is 2.19. The molecule has 19 heavy (non-hydrogen) atoms. The van der Waals surface area contributed by atoms with E-state index in [-0.39, 0.29) is 10.9 Å². The number of aromatic nitrogens is 4. The molecule has 2 aromatic heterocycles. The van der Waals surface area contributed by atoms with Crippen LogP contribution in [-0.2, 0) is 15.6 Å². The van der Waals surface area contributed by atoms with Crippen molar-refractivity contribution in [2.45, 2.75) is 31.3 Å². The van der Waals surface area contributed by atoms with E-state index in [4.69, 9.17) is 10.7 Å². The fourth-order valence-electron chi connectivity index (χ4n) is 1.67. The zero-order valence-electron chi connectivity index (χ0n) is 10.5. The van der Waals surface area contributed by atoms with Gasteiger partial charge < -0.3 is 4.57 Å². The Morgan fingerprint density at radius 1 is 1.32 bits per heavy atom. The maximum Gasteiger partial charge on any atom is 0.280 e. The summed E-state index contributed by atoms with van der Waals surface area (Å²) in [6.07, 6.45) is 4.68. The molecule has 0 saturated carbocycles. The lowest BCUT2D eigenvalue weighted by molar-refractivity contribution is 0.606. The van der Waals surface area contributed by atoms with Gasteiger partial charge >= 0.3 is 0 Å². The Bertz CT molecular complexity index is 667. The largest absolute Gasteiger partial charge is 0.326 e. The third-order valence-electron chi connectivity index (χ3n) is 2.48. The highest BCUT2D eigenvalue weighted by atomic mass is 35.7. The van der Waals surface area contributed by atoms with Crippen LogP contribution in [0.25, 0.3) is 0 Å². The maximum atomic E-state index is 11.3. The Kier molecular flexibility index (Phi) is 3.86. The molecule has 0 aromatic carbocycles. The summed E-state index contributed by atoms with van der Waals surface area (Å²) < 4.78 is 24.4. The molecule has 8 heteroatoms. The van der Waals surface area contributed by atoms with Gasteiger partial charge in [0.2, 0.25) is 0 Å². The molecule has 6 nitrogen and oxygen atoms in total. The van der Waals surface area contributed by atoms with Crippen LogP contribution in [0.15, 0.2) is 29.7 Å². The normalized spacial score (nSPS) is 12.0. The number of imidazole rings is 1. The number of hydrogen-bond acceptors (Lipinski definition) is 5. The van der Waals surface area contributed by atoms with Crippen molar-refractivity contribution in [3.05, 3.63) is 36.3 Å². The van der Waals surface area contributed by atoms with Gasteiger partial charge in [-0.05, 0) is 6.07 Å². The second kappa shape index (κ2) is 5.26. The van der Waals surface area contributed by atoms with Crippen LogP contribution in [0.4, 0.5) is 0 Å². The zero-order chi connectivity index (χ0) is 14.0. The Labute approximate surface area is 115 Å². The third kappa shape index (κ3) is 3.30. The maximum absolute atomic E-state index is 11.3. The summed E-state index contributed by atoms with van der Waals surface area (Å²) in [6.45, 7) is 4.21. The van der Waals surface area contributed by atoms with Crippen molar-refractivity contribution in [2.75, 3.05) is 0 Å². The molecule has 0 saturated heterocycles. The first kappa shape index (κ1) is 14.0. The number of hydrogen-bond donors (Lipinski definition) is 0. The van der Waals surface area contributed by atoms with Crippen molar-refractivity contribution in [2.24, 2.45) is 0 Å². The smallest absolute Gasteiger partial charge is 0.280 e. The van der Waals surface area contributed by atoms with Gasteiger partial charge in [-0.15, -0.1) is 0 Å². The first-order valence-electron chi connectivity index (χ1n) is 5.65. The van der Waals surface area contributed by atoms with E-state index in [1.807, 2.05) is 13.8 Å². The summed E-state index contributed by atoms with van der Waals surface area (Å²) in [7, 11) is 1.49. The minimum atomic E-state index is -3.83. The van der Waals surface area contributed by atoms with E-state index in [1.165, 1.54) is 6.20 Å². The first-order valence-corrected chi connectivity index (χ1v) is 7.96. The van der Waals surface area contributed by atoms with Crippen LogP contribution in [0.3, 0.4) is 0 Å². The molecular weight excluding hydrogens is 288 g/mol. The monoisotopic (exact) mass is 300 g/mol. The van der Waals surface area contributed by atoms with Crippen LogP contribution in [0.2, 0.25) is 0 Å². The molecule has 0 fully saturated rings. The number of halogens is 1. The SMILES string of the molecule is CC(C)c1nc(S(=O)(=O)Cl)cn1Cc1ncccn1. The Morgan fingerprint density at radius 3 is 2.47 bits per heavy atom. The van der Waals surface area contributed by atoms with E-state index in [0.29, 0.717) is 18.2 Å². The molecule has 0 spiro atoms. The average molecular weight is 301 g/mol. The summed E-state index contributed by atoms with van der Waals surface area (Å²) in [5.74, 6) is 1.28. The van der Waals surface area contributed by atoms with Crippen LogP contribution in [0, 0.1) is 0 Å². The van der Waals surface area contributed by atoms with Gasteiger partial charge in [-0.1, -0.05) is 13.8 Å². The van der Waals surface area contributed by atoms with Gasteiger partial charge in [-0.25, -0.2) is 23.4 Å². The predicted octanol–water partition coefficient (Wildman–Crippen LogP) is 1.77. The molecule has 0 aliphatic heterocycles. The van der Waals surface area contributed by atoms with Gasteiger partial charge in [0.15, 0.2) is 5.03 Å². The molecule has 2 aromatic rings. The quantitative estimate of drug-likeness (QED) is 0.804. The lowest BCUT2D eigenvalue weighted by atomic mass is 10.2. The molecule has 0 bridgehead atoms. The van der Waals surface area contributed by atoms with E-state index in [2.05, 4.69) is 15.0 Å². The topological polar surface area (TPSA) is 77.7 Å². The van der Waals surface area contributed by atoms with Crippen LogP contribution in [-0.4, -0.2) is 27.9 Å².